The maximum absolute atomic E-state index is 5.81. The Morgan fingerprint density at radius 2 is 2.14 bits per heavy atom. The fourth-order valence-electron chi connectivity index (χ4n) is 2.27. The molecule has 2 heterocycles. The first-order chi connectivity index (χ1) is 10.2. The van der Waals surface area contributed by atoms with Gasteiger partial charge in [-0.2, -0.15) is 0 Å². The third kappa shape index (κ3) is 3.29. The molecule has 3 N–H and O–H groups in total. The third-order valence-corrected chi connectivity index (χ3v) is 3.48. The van der Waals surface area contributed by atoms with E-state index in [0.29, 0.717) is 6.54 Å². The molecule has 0 fully saturated rings. The van der Waals surface area contributed by atoms with Crippen LogP contribution in [0.2, 0.25) is 0 Å². The average Bonchev–Trinajstić information content (AvgIpc) is 2.50. The van der Waals surface area contributed by atoms with Crippen LogP contribution in [0.3, 0.4) is 0 Å². The molecule has 0 radical (unpaired) electrons. The molecular weight excluding hydrogens is 262 g/mol. The van der Waals surface area contributed by atoms with E-state index >= 15 is 0 Å². The monoisotopic (exact) mass is 285 g/mol. The summed E-state index contributed by atoms with van der Waals surface area (Å²) in [5.41, 5.74) is 10.7. The molecule has 0 bridgehead atoms. The zero-order valence-electron chi connectivity index (χ0n) is 12.9. The molecule has 2 rings (SSSR count). The molecule has 112 valence electrons. The van der Waals surface area contributed by atoms with Gasteiger partial charge in [-0.25, -0.2) is 0 Å². The Kier molecular flexibility index (Phi) is 5.07. The highest BCUT2D eigenvalue weighted by molar-refractivity contribution is 6.06. The van der Waals surface area contributed by atoms with Gasteiger partial charge in [0.25, 0.3) is 0 Å². The second kappa shape index (κ2) is 7.00. The van der Waals surface area contributed by atoms with Gasteiger partial charge in [-0.1, -0.05) is 31.2 Å². The summed E-state index contributed by atoms with van der Waals surface area (Å²) >= 11 is 0. The summed E-state index contributed by atoms with van der Waals surface area (Å²) in [5.74, 6) is 4.14. The molecular formula is C16H23N5. The van der Waals surface area contributed by atoms with E-state index < -0.39 is 0 Å². The summed E-state index contributed by atoms with van der Waals surface area (Å²) < 4.78 is 0. The van der Waals surface area contributed by atoms with E-state index in [-0.39, 0.29) is 6.17 Å². The van der Waals surface area contributed by atoms with Gasteiger partial charge in [0, 0.05) is 19.6 Å². The van der Waals surface area contributed by atoms with E-state index in [0.717, 1.165) is 30.1 Å². The maximum Gasteiger partial charge on any atom is 0.143 e. The van der Waals surface area contributed by atoms with Gasteiger partial charge in [-0.3, -0.25) is 15.4 Å². The fourth-order valence-corrected chi connectivity index (χ4v) is 2.27. The van der Waals surface area contributed by atoms with Crippen LogP contribution in [-0.2, 0) is 0 Å². The zero-order valence-corrected chi connectivity index (χ0v) is 12.9. The lowest BCUT2D eigenvalue weighted by molar-refractivity contribution is 0.183. The summed E-state index contributed by atoms with van der Waals surface area (Å²) in [5, 5.41) is 2.03. The van der Waals surface area contributed by atoms with Gasteiger partial charge in [-0.05, 0) is 19.3 Å². The number of allylic oxidation sites excluding steroid dienone is 3. The highest BCUT2D eigenvalue weighted by Crippen LogP contribution is 2.23. The van der Waals surface area contributed by atoms with Crippen molar-refractivity contribution in [1.29, 1.82) is 0 Å². The highest BCUT2D eigenvalue weighted by atomic mass is 15.6. The Hall–Kier alpha value is -2.19. The Morgan fingerprint density at radius 1 is 1.38 bits per heavy atom. The predicted molar refractivity (Wildman–Crippen MR) is 86.9 cm³/mol. The summed E-state index contributed by atoms with van der Waals surface area (Å²) in [6, 6.07) is 2.94. The van der Waals surface area contributed by atoms with Crippen LogP contribution >= 0.6 is 0 Å². The second-order valence-electron chi connectivity index (χ2n) is 4.96. The number of aliphatic imine (C=N–C) groups is 1. The molecule has 5 heteroatoms. The van der Waals surface area contributed by atoms with E-state index in [2.05, 4.69) is 65.4 Å². The van der Waals surface area contributed by atoms with Crippen molar-refractivity contribution >= 4 is 5.71 Å². The molecule has 0 aliphatic carbocycles. The van der Waals surface area contributed by atoms with Crippen molar-refractivity contribution in [3.63, 3.8) is 0 Å². The van der Waals surface area contributed by atoms with Crippen LogP contribution in [0, 0.1) is 12.0 Å². The second-order valence-corrected chi connectivity index (χ2v) is 4.96. The Labute approximate surface area is 126 Å². The molecule has 0 spiro atoms. The number of nitrogens with one attached hydrogen (secondary N) is 1. The Morgan fingerprint density at radius 3 is 2.86 bits per heavy atom. The summed E-state index contributed by atoms with van der Waals surface area (Å²) in [6.07, 6.45) is 9.45. The average molecular weight is 285 g/mol. The predicted octanol–water partition coefficient (Wildman–Crippen LogP) is 1.19. The molecule has 0 saturated carbocycles. The van der Waals surface area contributed by atoms with Gasteiger partial charge in [0.15, 0.2) is 0 Å². The quantitative estimate of drug-likeness (QED) is 0.588. The third-order valence-electron chi connectivity index (χ3n) is 3.48. The highest BCUT2D eigenvalue weighted by Gasteiger charge is 2.29. The molecule has 5 nitrogen and oxygen atoms in total. The largest absolute Gasteiger partial charge is 0.337 e. The first-order valence-electron chi connectivity index (χ1n) is 7.29. The molecule has 2 aliphatic rings. The van der Waals surface area contributed by atoms with Crippen LogP contribution in [-0.4, -0.2) is 41.9 Å². The number of rotatable bonds is 5. The molecule has 1 unspecified atom stereocenters. The molecule has 1 atom stereocenters. The lowest BCUT2D eigenvalue weighted by Crippen LogP contribution is -2.49. The van der Waals surface area contributed by atoms with Crippen molar-refractivity contribution in [3.05, 3.63) is 35.7 Å². The molecule has 0 aromatic rings. The maximum atomic E-state index is 5.81. The molecule has 0 saturated heterocycles. The molecule has 0 aromatic heterocycles. The Balaban J connectivity index is 2.20. The van der Waals surface area contributed by atoms with E-state index in [1.165, 1.54) is 0 Å². The smallest absolute Gasteiger partial charge is 0.143 e. The van der Waals surface area contributed by atoms with E-state index in [9.17, 15) is 0 Å². The summed E-state index contributed by atoms with van der Waals surface area (Å²) in [6.45, 7) is 5.32. The molecule has 21 heavy (non-hydrogen) atoms. The topological polar surface area (TPSA) is 56.9 Å². The van der Waals surface area contributed by atoms with E-state index in [1.54, 1.807) is 0 Å². The van der Waals surface area contributed by atoms with Crippen LogP contribution in [0.4, 0.5) is 0 Å². The van der Waals surface area contributed by atoms with Crippen LogP contribution < -0.4 is 11.2 Å². The number of nitrogens with zero attached hydrogens (tertiary/aromatic N) is 3. The first-order valence-corrected chi connectivity index (χ1v) is 7.29. The van der Waals surface area contributed by atoms with Gasteiger partial charge < -0.3 is 10.6 Å². The van der Waals surface area contributed by atoms with E-state index in [4.69, 9.17) is 5.73 Å². The Bertz CT molecular complexity index is 559. The normalized spacial score (nSPS) is 21.3. The fraction of sp³-hybridized carbons (Fsp3) is 0.438. The minimum atomic E-state index is 0.0652. The number of hydrogen-bond donors (Lipinski definition) is 2. The van der Waals surface area contributed by atoms with Crippen molar-refractivity contribution in [3.8, 4) is 12.0 Å². The zero-order chi connectivity index (χ0) is 15.2. The molecule has 0 aromatic carbocycles. The van der Waals surface area contributed by atoms with Crippen molar-refractivity contribution in [1.82, 2.24) is 15.3 Å². The van der Waals surface area contributed by atoms with Gasteiger partial charge in [-0.15, -0.1) is 0 Å². The number of hydrazine groups is 1. The van der Waals surface area contributed by atoms with Crippen molar-refractivity contribution < 1.29 is 0 Å². The van der Waals surface area contributed by atoms with Gasteiger partial charge in [0.2, 0.25) is 0 Å². The summed E-state index contributed by atoms with van der Waals surface area (Å²) in [7, 11) is 2.03. The van der Waals surface area contributed by atoms with Crippen molar-refractivity contribution in [2.45, 2.75) is 26.4 Å². The van der Waals surface area contributed by atoms with Crippen LogP contribution in [0.5, 0.6) is 0 Å². The van der Waals surface area contributed by atoms with Crippen LogP contribution in [0.25, 0.3) is 0 Å². The van der Waals surface area contributed by atoms with Gasteiger partial charge in [0.05, 0.1) is 17.8 Å². The lowest BCUT2D eigenvalue weighted by atomic mass is 10.1. The SMILES string of the molecule is CC/C=C\C=C/CN1NC#CC2=C1N(C)C(C)N=C2CN. The van der Waals surface area contributed by atoms with Crippen LogP contribution in [0.1, 0.15) is 20.3 Å². The van der Waals surface area contributed by atoms with Crippen molar-refractivity contribution in [2.75, 3.05) is 20.1 Å². The number of nitrogens with two attached hydrogens (primary N) is 1. The minimum absolute atomic E-state index is 0.0652. The molecule has 0 amide bonds. The van der Waals surface area contributed by atoms with E-state index in [1.807, 2.05) is 12.1 Å². The summed E-state index contributed by atoms with van der Waals surface area (Å²) in [4.78, 5) is 6.71. The van der Waals surface area contributed by atoms with Gasteiger partial charge in [0.1, 0.15) is 12.0 Å². The standard InChI is InChI=1S/C16H23N5/c1-4-5-6-7-8-11-21-16-14(9-10-18-21)15(12-17)19-13(2)20(16)3/h5-8,13,18H,4,11-12,17H2,1-3H3/b6-5-,8-7-. The molecule has 2 aliphatic heterocycles. The minimum Gasteiger partial charge on any atom is -0.337 e. The first kappa shape index (κ1) is 15.2. The number of hydrogen-bond acceptors (Lipinski definition) is 5. The van der Waals surface area contributed by atoms with Crippen LogP contribution in [0.15, 0.2) is 40.7 Å². The lowest BCUT2D eigenvalue weighted by Gasteiger charge is -2.39. The van der Waals surface area contributed by atoms with Crippen molar-refractivity contribution in [2.24, 2.45) is 10.7 Å². The van der Waals surface area contributed by atoms with Gasteiger partial charge >= 0.3 is 0 Å².